The van der Waals surface area contributed by atoms with E-state index >= 15 is 0 Å². The molecule has 10 nitrogen and oxygen atoms in total. The summed E-state index contributed by atoms with van der Waals surface area (Å²) in [6.45, 7) is 5.90. The van der Waals surface area contributed by atoms with Crippen molar-refractivity contribution in [1.82, 2.24) is 20.3 Å². The number of nitriles is 1. The summed E-state index contributed by atoms with van der Waals surface area (Å²) in [7, 11) is -6.95. The number of para-hydroxylation sites is 2. The SMILES string of the molecule is CC(CC(CS(=O)(=O)Cc1cnc2ccccc2c1)NCC#N)CN(O)C(C)CC(C)CS(=O)(=O)Cc1cnc2ccccc2c1. The molecule has 0 aliphatic heterocycles. The second kappa shape index (κ2) is 15.9. The van der Waals surface area contributed by atoms with E-state index in [1.807, 2.05) is 87.5 Å². The molecule has 0 aliphatic carbocycles. The molecule has 46 heavy (non-hydrogen) atoms. The average molecular weight is 666 g/mol. The number of pyridine rings is 2. The number of fused-ring (bicyclic) bond motifs is 2. The van der Waals surface area contributed by atoms with Crippen LogP contribution in [0, 0.1) is 23.2 Å². The van der Waals surface area contributed by atoms with Crippen LogP contribution in [-0.4, -0.2) is 73.8 Å². The highest BCUT2D eigenvalue weighted by Gasteiger charge is 2.25. The molecule has 0 bridgehead atoms. The van der Waals surface area contributed by atoms with Gasteiger partial charge >= 0.3 is 0 Å². The third kappa shape index (κ3) is 10.8. The van der Waals surface area contributed by atoms with E-state index in [0.29, 0.717) is 24.0 Å². The summed E-state index contributed by atoms with van der Waals surface area (Å²) in [5, 5.41) is 26.0. The normalized spacial score (nSPS) is 15.0. The fourth-order valence-electron chi connectivity index (χ4n) is 5.99. The van der Waals surface area contributed by atoms with Gasteiger partial charge in [0.05, 0.1) is 46.7 Å². The molecule has 4 unspecified atom stereocenters. The topological polar surface area (TPSA) is 153 Å². The first kappa shape index (κ1) is 35.4. The molecule has 246 valence electrons. The van der Waals surface area contributed by atoms with Crippen molar-refractivity contribution >= 4 is 41.5 Å². The summed E-state index contributed by atoms with van der Waals surface area (Å²) in [4.78, 5) is 8.74. The van der Waals surface area contributed by atoms with Crippen LogP contribution in [-0.2, 0) is 31.2 Å². The Morgan fingerprint density at radius 2 is 1.33 bits per heavy atom. The Morgan fingerprint density at radius 3 is 1.87 bits per heavy atom. The summed E-state index contributed by atoms with van der Waals surface area (Å²) in [6.07, 6.45) is 4.07. The number of benzene rings is 2. The van der Waals surface area contributed by atoms with Gasteiger partial charge in [0.25, 0.3) is 0 Å². The molecular formula is C34H43N5O5S2. The molecule has 2 aromatic heterocycles. The van der Waals surface area contributed by atoms with Gasteiger partial charge in [-0.25, -0.2) is 16.8 Å². The molecule has 4 aromatic rings. The number of sulfone groups is 2. The maximum atomic E-state index is 13.2. The molecule has 2 aromatic carbocycles. The van der Waals surface area contributed by atoms with Crippen LogP contribution in [0.2, 0.25) is 0 Å². The first-order valence-corrected chi connectivity index (χ1v) is 19.1. The van der Waals surface area contributed by atoms with Crippen LogP contribution in [0.4, 0.5) is 0 Å². The lowest BCUT2D eigenvalue weighted by Crippen LogP contribution is -2.41. The molecule has 0 radical (unpaired) electrons. The number of hydrogen-bond donors (Lipinski definition) is 2. The van der Waals surface area contributed by atoms with Gasteiger partial charge in [0.15, 0.2) is 19.7 Å². The van der Waals surface area contributed by atoms with Crippen molar-refractivity contribution in [3.8, 4) is 6.07 Å². The average Bonchev–Trinajstić information content (AvgIpc) is 2.98. The van der Waals surface area contributed by atoms with E-state index in [1.165, 1.54) is 5.06 Å². The Bertz CT molecular complexity index is 1880. The Balaban J connectivity index is 1.28. The Kier molecular flexibility index (Phi) is 12.2. The van der Waals surface area contributed by atoms with Crippen LogP contribution in [0.1, 0.15) is 44.7 Å². The Labute approximate surface area is 272 Å². The maximum absolute atomic E-state index is 13.2. The van der Waals surface area contributed by atoms with E-state index in [2.05, 4.69) is 15.3 Å². The smallest absolute Gasteiger partial charge is 0.156 e. The van der Waals surface area contributed by atoms with Gasteiger partial charge in [-0.2, -0.15) is 10.3 Å². The van der Waals surface area contributed by atoms with Crippen LogP contribution in [0.5, 0.6) is 0 Å². The van der Waals surface area contributed by atoms with Crippen LogP contribution in [0.15, 0.2) is 73.1 Å². The Morgan fingerprint density at radius 1 is 0.804 bits per heavy atom. The summed E-state index contributed by atoms with van der Waals surface area (Å²) in [5.41, 5.74) is 2.86. The molecule has 2 N–H and O–H groups in total. The lowest BCUT2D eigenvalue weighted by Gasteiger charge is -2.29. The van der Waals surface area contributed by atoms with Crippen molar-refractivity contribution in [3.05, 3.63) is 84.2 Å². The Hall–Kier alpha value is -3.47. The molecule has 4 rings (SSSR count). The maximum Gasteiger partial charge on any atom is 0.156 e. The standard InChI is InChI=1S/C34H43N5O5S2/c1-25(15-32(36-13-12-35)24-46(43,44)23-29-17-31-9-5-7-11-34(31)38-19-29)20-39(40)27(3)14-26(2)21-45(41,42)22-28-16-30-8-4-6-10-33(30)37-18-28/h4-11,16-19,25-27,32,36,40H,13-15,20-24H2,1-3H3. The van der Waals surface area contributed by atoms with Crippen LogP contribution in [0.25, 0.3) is 21.8 Å². The van der Waals surface area contributed by atoms with Crippen molar-refractivity contribution in [2.45, 2.75) is 57.2 Å². The number of nitrogens with one attached hydrogen (secondary N) is 1. The number of nitrogens with zero attached hydrogens (tertiary/aromatic N) is 4. The predicted octanol–water partition coefficient (Wildman–Crippen LogP) is 4.93. The first-order chi connectivity index (χ1) is 21.8. The van der Waals surface area contributed by atoms with Crippen molar-refractivity contribution in [2.75, 3.05) is 24.6 Å². The van der Waals surface area contributed by atoms with Gasteiger partial charge in [0, 0.05) is 41.8 Å². The zero-order chi connectivity index (χ0) is 33.3. The molecule has 12 heteroatoms. The molecule has 0 aliphatic rings. The molecule has 2 heterocycles. The minimum atomic E-state index is -3.54. The molecule has 0 saturated heterocycles. The zero-order valence-corrected chi connectivity index (χ0v) is 28.2. The number of rotatable bonds is 17. The molecule has 0 saturated carbocycles. The van der Waals surface area contributed by atoms with E-state index in [1.54, 1.807) is 12.4 Å². The second-order valence-corrected chi connectivity index (χ2v) is 16.8. The third-order valence-electron chi connectivity index (χ3n) is 7.97. The van der Waals surface area contributed by atoms with Gasteiger partial charge in [-0.3, -0.25) is 9.97 Å². The monoisotopic (exact) mass is 665 g/mol. The number of hydroxylamine groups is 2. The van der Waals surface area contributed by atoms with Crippen molar-refractivity contribution in [2.24, 2.45) is 11.8 Å². The predicted molar refractivity (Wildman–Crippen MR) is 181 cm³/mol. The lowest BCUT2D eigenvalue weighted by atomic mass is 10.0. The van der Waals surface area contributed by atoms with Gasteiger partial charge in [-0.15, -0.1) is 0 Å². The summed E-state index contributed by atoms with van der Waals surface area (Å²) >= 11 is 0. The molecule has 4 atom stereocenters. The van der Waals surface area contributed by atoms with E-state index in [-0.39, 0.29) is 54.0 Å². The minimum absolute atomic E-state index is 0.00490. The van der Waals surface area contributed by atoms with E-state index < -0.39 is 25.7 Å². The fraction of sp³-hybridized carbons (Fsp3) is 0.441. The van der Waals surface area contributed by atoms with Crippen LogP contribution < -0.4 is 5.32 Å². The summed E-state index contributed by atoms with van der Waals surface area (Å²) in [6, 6.07) is 20.0. The lowest BCUT2D eigenvalue weighted by molar-refractivity contribution is -0.134. The highest BCUT2D eigenvalue weighted by Crippen LogP contribution is 2.21. The molecular weight excluding hydrogens is 623 g/mol. The van der Waals surface area contributed by atoms with Gasteiger partial charge in [-0.05, 0) is 67.0 Å². The summed E-state index contributed by atoms with van der Waals surface area (Å²) < 4.78 is 52.3. The molecule has 0 amide bonds. The molecule has 0 spiro atoms. The van der Waals surface area contributed by atoms with Gasteiger partial charge < -0.3 is 10.5 Å². The first-order valence-electron chi connectivity index (χ1n) is 15.5. The van der Waals surface area contributed by atoms with Gasteiger partial charge in [0.2, 0.25) is 0 Å². The molecule has 0 fully saturated rings. The largest absolute Gasteiger partial charge is 0.314 e. The quantitative estimate of drug-likeness (QED) is 0.117. The van der Waals surface area contributed by atoms with Gasteiger partial charge in [-0.1, -0.05) is 50.2 Å². The fourth-order valence-corrected chi connectivity index (χ4v) is 9.43. The van der Waals surface area contributed by atoms with Crippen molar-refractivity contribution in [1.29, 1.82) is 5.26 Å². The van der Waals surface area contributed by atoms with Crippen LogP contribution >= 0.6 is 0 Å². The van der Waals surface area contributed by atoms with E-state index in [4.69, 9.17) is 5.26 Å². The highest BCUT2D eigenvalue weighted by atomic mass is 32.2. The van der Waals surface area contributed by atoms with E-state index in [0.717, 1.165) is 21.8 Å². The van der Waals surface area contributed by atoms with Crippen LogP contribution in [0.3, 0.4) is 0 Å². The van der Waals surface area contributed by atoms with E-state index in [9.17, 15) is 22.0 Å². The third-order valence-corrected chi connectivity index (χ3v) is 11.5. The van der Waals surface area contributed by atoms with Crippen molar-refractivity contribution in [3.63, 3.8) is 0 Å². The minimum Gasteiger partial charge on any atom is -0.314 e. The summed E-state index contributed by atoms with van der Waals surface area (Å²) in [5.74, 6) is -0.738. The number of aromatic nitrogens is 2. The van der Waals surface area contributed by atoms with Gasteiger partial charge in [0.1, 0.15) is 0 Å². The highest BCUT2D eigenvalue weighted by molar-refractivity contribution is 7.90. The second-order valence-electron chi connectivity index (χ2n) is 12.6. The number of hydrogen-bond acceptors (Lipinski definition) is 10. The van der Waals surface area contributed by atoms with Crippen molar-refractivity contribution < 1.29 is 22.0 Å². The zero-order valence-electron chi connectivity index (χ0n) is 26.6.